The molecule has 0 aromatic carbocycles. The molecule has 1 aromatic heterocycles. The molecule has 4 aliphatic heterocycles. The van der Waals surface area contributed by atoms with Crippen molar-refractivity contribution in [2.45, 2.75) is 83.3 Å². The molecule has 2 unspecified atom stereocenters. The van der Waals surface area contributed by atoms with Gasteiger partial charge in [-0.25, -0.2) is 0 Å². The maximum absolute atomic E-state index is 12.6. The van der Waals surface area contributed by atoms with E-state index in [0.717, 1.165) is 44.2 Å². The van der Waals surface area contributed by atoms with E-state index in [2.05, 4.69) is 40.3 Å². The number of carbonyl (C=O) groups is 4. The molecule has 2 amide bonds. The molecule has 5 heterocycles. The molecule has 0 bridgehead atoms. The van der Waals surface area contributed by atoms with Crippen LogP contribution in [0.3, 0.4) is 0 Å². The molecule has 240 valence electrons. The van der Waals surface area contributed by atoms with Gasteiger partial charge in [0.1, 0.15) is 0 Å². The number of aromatic amines is 1. The molecule has 0 radical (unpaired) electrons. The summed E-state index contributed by atoms with van der Waals surface area (Å²) in [4.78, 5) is 51.8. The molecule has 2 saturated heterocycles. The number of thiol groups is 1. The molecule has 11 nitrogen and oxygen atoms in total. The van der Waals surface area contributed by atoms with Gasteiger partial charge >= 0.3 is 11.9 Å². The van der Waals surface area contributed by atoms with Crippen molar-refractivity contribution < 1.29 is 29.4 Å². The molecule has 4 aliphatic rings. The van der Waals surface area contributed by atoms with Crippen LogP contribution in [0.15, 0.2) is 46.7 Å². The molecule has 6 atom stereocenters. The molecule has 0 spiro atoms. The lowest BCUT2D eigenvalue weighted by Crippen LogP contribution is -2.31. The first-order valence-electron chi connectivity index (χ1n) is 15.2. The maximum Gasteiger partial charge on any atom is 0.303 e. The van der Waals surface area contributed by atoms with Gasteiger partial charge in [-0.2, -0.15) is 18.1 Å². The highest BCUT2D eigenvalue weighted by atomic mass is 32.1. The molecule has 0 saturated carbocycles. The highest BCUT2D eigenvalue weighted by Gasteiger charge is 2.60. The Morgan fingerprint density at radius 2 is 1.73 bits per heavy atom. The van der Waals surface area contributed by atoms with Crippen LogP contribution >= 0.6 is 12.6 Å². The lowest BCUT2D eigenvalue weighted by atomic mass is 9.88. The summed E-state index contributed by atoms with van der Waals surface area (Å²) in [6.45, 7) is 13.4. The number of carbonyl (C=O) groups excluding carboxylic acids is 2. The maximum atomic E-state index is 12.6. The Balaban J connectivity index is 1.62. The number of carboxylic acid groups (broad SMARTS) is 2. The summed E-state index contributed by atoms with van der Waals surface area (Å²) in [6.07, 6.45) is 7.93. The van der Waals surface area contributed by atoms with Crippen LogP contribution in [0.5, 0.6) is 0 Å². The fourth-order valence-electron chi connectivity index (χ4n) is 7.11. The van der Waals surface area contributed by atoms with Gasteiger partial charge in [0.2, 0.25) is 5.91 Å². The minimum absolute atomic E-state index is 0.0236. The Morgan fingerprint density at radius 3 is 2.33 bits per heavy atom. The summed E-state index contributed by atoms with van der Waals surface area (Å²) in [5.74, 6) is -2.27. The SMILES string of the molecule is C=CC1=C(C)[C@@H](/C=c2/[nH]/c(=C\[C@@]34NN3/C(=C/C3NC(=O)[C@H](C)[C@H]3C(C)S)C(C)=C4CCC(=O)O)c(CCC(=O)O)c2C)NC1=O. The zero-order valence-corrected chi connectivity index (χ0v) is 27.0. The number of hydrogen-bond donors (Lipinski definition) is 7. The third kappa shape index (κ3) is 5.77. The van der Waals surface area contributed by atoms with E-state index in [1.807, 2.05) is 57.9 Å². The number of aliphatic carboxylic acids is 2. The number of carboxylic acids is 2. The van der Waals surface area contributed by atoms with Gasteiger partial charge in [-0.15, -0.1) is 0 Å². The van der Waals surface area contributed by atoms with E-state index >= 15 is 0 Å². The fourth-order valence-corrected chi connectivity index (χ4v) is 7.55. The normalized spacial score (nSPS) is 29.9. The second kappa shape index (κ2) is 12.1. The largest absolute Gasteiger partial charge is 0.481 e. The zero-order chi connectivity index (χ0) is 33.0. The van der Waals surface area contributed by atoms with Gasteiger partial charge in [0.05, 0.1) is 17.8 Å². The van der Waals surface area contributed by atoms with Gasteiger partial charge in [0.25, 0.3) is 5.91 Å². The summed E-state index contributed by atoms with van der Waals surface area (Å²) in [6, 6.07) is -0.598. The number of rotatable bonds is 11. The Kier molecular flexibility index (Phi) is 8.67. The number of nitrogens with one attached hydrogen (secondary N) is 4. The highest BCUT2D eigenvalue weighted by Crippen LogP contribution is 2.51. The smallest absolute Gasteiger partial charge is 0.303 e. The van der Waals surface area contributed by atoms with E-state index in [1.165, 1.54) is 0 Å². The monoisotopic (exact) mass is 635 g/mol. The van der Waals surface area contributed by atoms with Crippen LogP contribution in [0.2, 0.25) is 0 Å². The standard InChI is InChI=1S/C33H41N5O6S/c1-7-20-15(2)24(35-32(20)44)12-23-16(3)21(8-10-28(39)40)26(34-23)14-33-22(9-11-29(41)42)17(4)27(38(33)37-33)13-25-30(19(6)45)18(5)31(43)36-25/h7,12-14,18-19,24-25,30,34,37,45H,1,8-11H2,2-6H3,(H,35,44)(H,36,43)(H,39,40)(H,41,42)/b23-12+,26-14-,27-13+/t18-,19?,24-,25?,30+,33-,38?/m1/s1. The van der Waals surface area contributed by atoms with Crippen molar-refractivity contribution in [3.8, 4) is 0 Å². The number of H-pyrrole nitrogens is 1. The molecule has 12 heteroatoms. The van der Waals surface area contributed by atoms with Crippen LogP contribution in [0.4, 0.5) is 0 Å². The number of nitrogens with zero attached hydrogens (tertiary/aromatic N) is 1. The van der Waals surface area contributed by atoms with Crippen molar-refractivity contribution in [1.82, 2.24) is 26.1 Å². The van der Waals surface area contributed by atoms with Crippen LogP contribution in [0.25, 0.3) is 12.2 Å². The number of allylic oxidation sites excluding steroid dienone is 1. The number of fused-ring (bicyclic) bond motifs is 1. The number of hydrazine groups is 1. The van der Waals surface area contributed by atoms with E-state index in [0.29, 0.717) is 12.0 Å². The van der Waals surface area contributed by atoms with E-state index < -0.39 is 17.6 Å². The lowest BCUT2D eigenvalue weighted by molar-refractivity contribution is -0.138. The molecule has 6 N–H and O–H groups in total. The van der Waals surface area contributed by atoms with Gasteiger partial charge in [0, 0.05) is 46.2 Å². The Morgan fingerprint density at radius 1 is 1.07 bits per heavy atom. The lowest BCUT2D eigenvalue weighted by Gasteiger charge is -2.22. The summed E-state index contributed by atoms with van der Waals surface area (Å²) in [5, 5.41) is 28.5. The summed E-state index contributed by atoms with van der Waals surface area (Å²) < 4.78 is 0. The average Bonchev–Trinajstić information content (AvgIpc) is 3.24. The van der Waals surface area contributed by atoms with Gasteiger partial charge in [-0.05, 0) is 79.7 Å². The van der Waals surface area contributed by atoms with Gasteiger partial charge in [0.15, 0.2) is 5.66 Å². The van der Waals surface area contributed by atoms with Gasteiger partial charge in [-0.1, -0.05) is 26.5 Å². The molecule has 1 aromatic rings. The van der Waals surface area contributed by atoms with E-state index in [4.69, 9.17) is 0 Å². The second-order valence-corrected chi connectivity index (χ2v) is 13.2. The molecular formula is C33H41N5O6S. The number of amides is 2. The van der Waals surface area contributed by atoms with Crippen molar-refractivity contribution in [2.24, 2.45) is 11.8 Å². The van der Waals surface area contributed by atoms with Crippen LogP contribution in [-0.4, -0.2) is 67.0 Å². The van der Waals surface area contributed by atoms with Crippen molar-refractivity contribution in [1.29, 1.82) is 0 Å². The summed E-state index contributed by atoms with van der Waals surface area (Å²) in [7, 11) is 0. The average molecular weight is 636 g/mol. The molecule has 5 rings (SSSR count). The van der Waals surface area contributed by atoms with Crippen LogP contribution in [0.1, 0.15) is 58.1 Å². The minimum Gasteiger partial charge on any atom is -0.481 e. The summed E-state index contributed by atoms with van der Waals surface area (Å²) >= 11 is 4.67. The quantitative estimate of drug-likeness (QED) is 0.142. The molecule has 2 fully saturated rings. The molecule has 45 heavy (non-hydrogen) atoms. The summed E-state index contributed by atoms with van der Waals surface area (Å²) in [5.41, 5.74) is 8.39. The predicted molar refractivity (Wildman–Crippen MR) is 173 cm³/mol. The van der Waals surface area contributed by atoms with Crippen LogP contribution < -0.4 is 26.8 Å². The minimum atomic E-state index is -0.918. The fraction of sp³-hybridized carbons (Fsp3) is 0.455. The first-order valence-corrected chi connectivity index (χ1v) is 15.7. The van der Waals surface area contributed by atoms with Crippen LogP contribution in [-0.2, 0) is 25.6 Å². The van der Waals surface area contributed by atoms with E-state index in [1.54, 1.807) is 6.08 Å². The van der Waals surface area contributed by atoms with Crippen molar-refractivity contribution >= 4 is 48.5 Å². The predicted octanol–water partition coefficient (Wildman–Crippen LogP) is 1.57. The van der Waals surface area contributed by atoms with Crippen molar-refractivity contribution in [3.05, 3.63) is 68.5 Å². The Labute approximate surface area is 267 Å². The first kappa shape index (κ1) is 32.4. The number of hydrogen-bond acceptors (Lipinski definition) is 7. The van der Waals surface area contributed by atoms with E-state index in [9.17, 15) is 29.4 Å². The van der Waals surface area contributed by atoms with Crippen LogP contribution in [0, 0.1) is 18.8 Å². The number of aromatic nitrogens is 1. The van der Waals surface area contributed by atoms with Gasteiger partial charge in [-0.3, -0.25) is 24.2 Å². The first-order chi connectivity index (χ1) is 21.2. The topological polar surface area (TPSA) is 174 Å². The Hall–Kier alpha value is -4.03. The zero-order valence-electron chi connectivity index (χ0n) is 26.2. The van der Waals surface area contributed by atoms with E-state index in [-0.39, 0.29) is 60.2 Å². The van der Waals surface area contributed by atoms with Crippen molar-refractivity contribution in [3.63, 3.8) is 0 Å². The van der Waals surface area contributed by atoms with Crippen molar-refractivity contribution in [2.75, 3.05) is 0 Å². The third-order valence-electron chi connectivity index (χ3n) is 9.67. The van der Waals surface area contributed by atoms with Gasteiger partial charge < -0.3 is 25.8 Å². The second-order valence-electron chi connectivity index (χ2n) is 12.4. The molecular weight excluding hydrogens is 594 g/mol. The highest BCUT2D eigenvalue weighted by molar-refractivity contribution is 7.80. The molecule has 0 aliphatic carbocycles. The third-order valence-corrected chi connectivity index (χ3v) is 10.0. The Bertz CT molecular complexity index is 1720.